The molecule has 10 rings (SSSR count). The monoisotopic (exact) mass is 1350 g/mol. The fraction of sp³-hybridized carbons (Fsp3) is 0.905. The summed E-state index contributed by atoms with van der Waals surface area (Å²) in [5.41, 5.74) is -5.84. The molecule has 9 fully saturated rings. The third kappa shape index (κ3) is 12.4. The number of hydrogen-bond donors (Lipinski definition) is 15. The molecule has 15 N–H and O–H groups in total. The lowest BCUT2D eigenvalue weighted by atomic mass is 9.33. The number of carboxylic acids is 1. The van der Waals surface area contributed by atoms with Crippen molar-refractivity contribution in [2.24, 2.45) is 50.2 Å². The number of carbonyl (C=O) groups excluding carboxylic acids is 3. The summed E-state index contributed by atoms with van der Waals surface area (Å²) in [5, 5.41) is 165. The van der Waals surface area contributed by atoms with Gasteiger partial charge in [-0.05, 0) is 113 Å². The third-order valence-electron chi connectivity index (χ3n) is 23.6. The number of carbonyl (C=O) groups is 4. The molecule has 34 unspecified atom stereocenters. The molecule has 0 aromatic rings. The Morgan fingerprint density at radius 2 is 1.07 bits per heavy atom. The van der Waals surface area contributed by atoms with Crippen LogP contribution in [0.3, 0.4) is 0 Å². The second-order valence-corrected chi connectivity index (χ2v) is 29.6. The van der Waals surface area contributed by atoms with Gasteiger partial charge in [0, 0.05) is 19.3 Å². The van der Waals surface area contributed by atoms with Crippen LogP contribution in [0.5, 0.6) is 0 Å². The summed E-state index contributed by atoms with van der Waals surface area (Å²) in [6.07, 6.45) is -39.7. The maximum Gasteiger partial charge on any atom is 0.315 e. The molecule has 0 aromatic carbocycles. The summed E-state index contributed by atoms with van der Waals surface area (Å²) in [6, 6.07) is 0. The van der Waals surface area contributed by atoms with E-state index in [-0.39, 0.29) is 37.5 Å². The molecule has 5 aliphatic heterocycles. The highest BCUT2D eigenvalue weighted by molar-refractivity contribution is 5.79. The molecule has 5 saturated heterocycles. The van der Waals surface area contributed by atoms with Crippen molar-refractivity contribution in [3.05, 3.63) is 11.6 Å². The van der Waals surface area contributed by atoms with Crippen molar-refractivity contribution >= 4 is 23.9 Å². The Hall–Kier alpha value is -3.30. The molecule has 0 bridgehead atoms. The van der Waals surface area contributed by atoms with Gasteiger partial charge >= 0.3 is 23.9 Å². The van der Waals surface area contributed by atoms with Gasteiger partial charge in [-0.1, -0.05) is 39.3 Å². The second-order valence-electron chi connectivity index (χ2n) is 29.6. The molecule has 5 aliphatic carbocycles. The smallest absolute Gasteiger partial charge is 0.315 e. The van der Waals surface area contributed by atoms with E-state index in [0.717, 1.165) is 19.4 Å². The molecule has 0 amide bonds. The normalized spacial score (nSPS) is 51.7. The van der Waals surface area contributed by atoms with Crippen LogP contribution in [0.1, 0.15) is 120 Å². The number of ether oxygens (including phenoxy) is 12. The van der Waals surface area contributed by atoms with E-state index < -0.39 is 255 Å². The molecular weight excluding hydrogens is 1250 g/mol. The van der Waals surface area contributed by atoms with Gasteiger partial charge in [0.25, 0.3) is 0 Å². The number of esters is 3. The van der Waals surface area contributed by atoms with Crippen molar-refractivity contribution in [1.82, 2.24) is 0 Å². The number of carboxylic acid groups (broad SMARTS) is 1. The van der Waals surface area contributed by atoms with Gasteiger partial charge in [-0.2, -0.15) is 0 Å². The molecule has 0 radical (unpaired) electrons. The zero-order valence-electron chi connectivity index (χ0n) is 54.3. The van der Waals surface area contributed by atoms with Crippen LogP contribution in [0.4, 0.5) is 0 Å². The Bertz CT molecular complexity index is 2760. The minimum absolute atomic E-state index is 0.0797. The van der Waals surface area contributed by atoms with E-state index in [1.54, 1.807) is 0 Å². The SMILES string of the molecule is CC(=O)OC1C(C)OC(OC(=O)C23CCC(C)(C)CC2C2=CCC4C5(C)CC(O)C(OC6OC(CO)C(O)C(O)C6OC6OC(CO)C(O)C(O)C6O)C(C)(C(=O)O)C5CCC4(C)C2(CO)CC3)C(OC2OC(C)C(OC3OCC(O)C(O)C3O)C(O)C2O)C1OC(C)=O. The molecule has 31 heteroatoms. The highest BCUT2D eigenvalue weighted by atomic mass is 16.8. The van der Waals surface area contributed by atoms with Gasteiger partial charge in [-0.3, -0.25) is 19.2 Å². The molecule has 94 heavy (non-hydrogen) atoms. The van der Waals surface area contributed by atoms with Crippen LogP contribution >= 0.6 is 0 Å². The zero-order chi connectivity index (χ0) is 69.0. The molecule has 31 nitrogen and oxygen atoms in total. The van der Waals surface area contributed by atoms with Crippen LogP contribution < -0.4 is 0 Å². The van der Waals surface area contributed by atoms with Gasteiger partial charge in [-0.15, -0.1) is 0 Å². The van der Waals surface area contributed by atoms with Gasteiger partial charge in [0.05, 0.1) is 55.6 Å². The first-order chi connectivity index (χ1) is 44.0. The average Bonchev–Trinajstić information content (AvgIpc) is 0.670. The molecular formula is C63H98O31. The molecule has 0 spiro atoms. The van der Waals surface area contributed by atoms with Crippen molar-refractivity contribution in [1.29, 1.82) is 0 Å². The number of aliphatic carboxylic acids is 1. The maximum atomic E-state index is 15.9. The minimum Gasteiger partial charge on any atom is -0.481 e. The van der Waals surface area contributed by atoms with Crippen LogP contribution in [0.2, 0.25) is 0 Å². The van der Waals surface area contributed by atoms with E-state index in [9.17, 15) is 91.0 Å². The van der Waals surface area contributed by atoms with Gasteiger partial charge in [0.2, 0.25) is 6.29 Å². The number of rotatable bonds is 16. The van der Waals surface area contributed by atoms with E-state index in [1.807, 2.05) is 13.0 Å². The maximum absolute atomic E-state index is 15.9. The quantitative estimate of drug-likeness (QED) is 0.0310. The lowest BCUT2D eigenvalue weighted by Crippen LogP contribution is -2.71. The highest BCUT2D eigenvalue weighted by Gasteiger charge is 2.74. The van der Waals surface area contributed by atoms with Crippen molar-refractivity contribution in [2.45, 2.75) is 280 Å². The van der Waals surface area contributed by atoms with Crippen molar-refractivity contribution in [3.63, 3.8) is 0 Å². The van der Waals surface area contributed by atoms with Gasteiger partial charge < -0.3 is 133 Å². The molecule has 10 aliphatic rings. The van der Waals surface area contributed by atoms with Gasteiger partial charge in [0.15, 0.2) is 43.5 Å². The Labute approximate surface area is 543 Å². The second kappa shape index (κ2) is 27.3. The van der Waals surface area contributed by atoms with E-state index >= 15 is 4.79 Å². The third-order valence-corrected chi connectivity index (χ3v) is 23.6. The zero-order valence-corrected chi connectivity index (χ0v) is 54.3. The number of allylic oxidation sites excluding steroid dienone is 1. The van der Waals surface area contributed by atoms with Crippen molar-refractivity contribution < 1.29 is 153 Å². The first-order valence-electron chi connectivity index (χ1n) is 32.7. The standard InChI is InChI=1S/C63H98O31/c1-24-45(90-51-42(77)36(71)31(70)22-83-51)41(76)44(79)52(84-24)92-49-48(87-27(4)68)46(86-26(3)67)25(2)85-55(49)94-57(82)62-15-14-58(5,6)18-29(62)28-10-11-34-59(7)19-30(69)50(61(9,56(80)81)35(59)12-13-60(34,8)63(28,23-66)17-16-62)93-54-47(40(75)38(73)33(21-65)89-54)91-53-43(78)39(74)37(72)32(20-64)88-53/h10,24-25,29-55,64-66,69-79H,11-23H2,1-9H3,(H,80,81). The number of aliphatic hydroxyl groups excluding tert-OH is 14. The van der Waals surface area contributed by atoms with Crippen LogP contribution in [-0.4, -0.2) is 287 Å². The van der Waals surface area contributed by atoms with Crippen molar-refractivity contribution in [3.8, 4) is 0 Å². The van der Waals surface area contributed by atoms with E-state index in [2.05, 4.69) is 20.8 Å². The number of fused-ring (bicyclic) bond motifs is 7. The fourth-order valence-corrected chi connectivity index (χ4v) is 18.5. The molecule has 0 aromatic heterocycles. The molecule has 4 saturated carbocycles. The van der Waals surface area contributed by atoms with Crippen LogP contribution in [-0.2, 0) is 76.0 Å². The van der Waals surface area contributed by atoms with Gasteiger partial charge in [0.1, 0.15) is 91.6 Å². The van der Waals surface area contributed by atoms with Crippen LogP contribution in [0.25, 0.3) is 0 Å². The minimum atomic E-state index is -2.00. The lowest BCUT2D eigenvalue weighted by molar-refractivity contribution is -0.382. The predicted octanol–water partition coefficient (Wildman–Crippen LogP) is -3.37. The number of hydrogen-bond acceptors (Lipinski definition) is 30. The van der Waals surface area contributed by atoms with E-state index in [0.29, 0.717) is 25.7 Å². The first kappa shape index (κ1) is 73.4. The summed E-state index contributed by atoms with van der Waals surface area (Å²) in [5.74, 6) is -5.66. The topological polar surface area (TPSA) is 482 Å². The first-order valence-corrected chi connectivity index (χ1v) is 32.7. The summed E-state index contributed by atoms with van der Waals surface area (Å²) in [6.45, 7) is 12.1. The Balaban J connectivity index is 0.942. The van der Waals surface area contributed by atoms with E-state index in [4.69, 9.17) is 56.8 Å². The lowest BCUT2D eigenvalue weighted by Gasteiger charge is -2.71. The summed E-state index contributed by atoms with van der Waals surface area (Å²) in [4.78, 5) is 55.8. The molecule has 536 valence electrons. The summed E-state index contributed by atoms with van der Waals surface area (Å²) >= 11 is 0. The Morgan fingerprint density at radius 3 is 1.70 bits per heavy atom. The van der Waals surface area contributed by atoms with Gasteiger partial charge in [-0.25, -0.2) is 0 Å². The highest BCUT2D eigenvalue weighted by Crippen LogP contribution is 2.76. The van der Waals surface area contributed by atoms with Crippen LogP contribution in [0, 0.1) is 50.2 Å². The summed E-state index contributed by atoms with van der Waals surface area (Å²) < 4.78 is 72.0. The average molecular weight is 1350 g/mol. The fourth-order valence-electron chi connectivity index (χ4n) is 18.5. The Morgan fingerprint density at radius 1 is 0.532 bits per heavy atom. The van der Waals surface area contributed by atoms with E-state index in [1.165, 1.54) is 20.8 Å². The van der Waals surface area contributed by atoms with Crippen molar-refractivity contribution in [2.75, 3.05) is 26.4 Å². The molecule has 34 atom stereocenters. The largest absolute Gasteiger partial charge is 0.481 e. The summed E-state index contributed by atoms with van der Waals surface area (Å²) in [7, 11) is 0. The molecule has 5 heterocycles. The predicted molar refractivity (Wildman–Crippen MR) is 310 cm³/mol. The number of aliphatic hydroxyl groups is 14. The van der Waals surface area contributed by atoms with Crippen LogP contribution in [0.15, 0.2) is 11.6 Å². The Kier molecular flexibility index (Phi) is 21.3.